The van der Waals surface area contributed by atoms with Crippen molar-refractivity contribution in [2.45, 2.75) is 50.3 Å². The second-order valence-corrected chi connectivity index (χ2v) is 6.17. The van der Waals surface area contributed by atoms with E-state index in [4.69, 9.17) is 0 Å². The maximum absolute atomic E-state index is 12.4. The van der Waals surface area contributed by atoms with Crippen molar-refractivity contribution in [3.05, 3.63) is 0 Å². The molecule has 3 fully saturated rings. The lowest BCUT2D eigenvalue weighted by molar-refractivity contribution is -0.135. The molecule has 108 valence electrons. The average molecular weight is 267 g/mol. The fraction of sp³-hybridized carbons (Fsp3) is 0.929. The predicted molar refractivity (Wildman–Crippen MR) is 72.8 cm³/mol. The molecule has 1 amide bonds. The van der Waals surface area contributed by atoms with Crippen molar-refractivity contribution in [1.29, 1.82) is 0 Å². The highest BCUT2D eigenvalue weighted by molar-refractivity contribution is 5.82. The molecule has 0 aliphatic carbocycles. The molecule has 2 N–H and O–H groups in total. The molecular formula is C14H25N3O2. The largest absolute Gasteiger partial charge is 0.392 e. The summed E-state index contributed by atoms with van der Waals surface area (Å²) in [7, 11) is 0. The van der Waals surface area contributed by atoms with Gasteiger partial charge in [0.2, 0.25) is 5.91 Å². The third-order valence-corrected chi connectivity index (χ3v) is 4.77. The Hall–Kier alpha value is -0.650. The van der Waals surface area contributed by atoms with Crippen LogP contribution < -0.4 is 5.32 Å². The van der Waals surface area contributed by atoms with E-state index in [0.717, 1.165) is 19.5 Å². The summed E-state index contributed by atoms with van der Waals surface area (Å²) in [5.74, 6) is 0.195. The van der Waals surface area contributed by atoms with Crippen molar-refractivity contribution in [3.8, 4) is 0 Å². The number of hydrogen-bond donors (Lipinski definition) is 2. The molecule has 19 heavy (non-hydrogen) atoms. The third-order valence-electron chi connectivity index (χ3n) is 4.77. The normalized spacial score (nSPS) is 36.9. The molecule has 0 radical (unpaired) electrons. The van der Waals surface area contributed by atoms with Crippen molar-refractivity contribution in [1.82, 2.24) is 15.1 Å². The molecule has 0 unspecified atom stereocenters. The molecular weight excluding hydrogens is 242 g/mol. The van der Waals surface area contributed by atoms with Gasteiger partial charge in [-0.2, -0.15) is 0 Å². The highest BCUT2D eigenvalue weighted by Gasteiger charge is 2.35. The molecule has 3 heterocycles. The van der Waals surface area contributed by atoms with Gasteiger partial charge in [0.1, 0.15) is 0 Å². The molecule has 0 aromatic carbocycles. The smallest absolute Gasteiger partial charge is 0.239 e. The number of carbonyl (C=O) groups excluding carboxylic acids is 1. The fourth-order valence-corrected chi connectivity index (χ4v) is 3.69. The van der Waals surface area contributed by atoms with Gasteiger partial charge in [-0.1, -0.05) is 0 Å². The third kappa shape index (κ3) is 2.93. The first-order valence-corrected chi connectivity index (χ1v) is 7.68. The average Bonchev–Trinajstić information content (AvgIpc) is 3.09. The Morgan fingerprint density at radius 1 is 1.16 bits per heavy atom. The first-order valence-electron chi connectivity index (χ1n) is 7.68. The van der Waals surface area contributed by atoms with E-state index in [2.05, 4.69) is 10.2 Å². The molecule has 0 saturated carbocycles. The molecule has 0 bridgehead atoms. The second kappa shape index (κ2) is 5.77. The first kappa shape index (κ1) is 13.3. The van der Waals surface area contributed by atoms with E-state index in [1.165, 1.54) is 32.4 Å². The number of amides is 1. The second-order valence-electron chi connectivity index (χ2n) is 6.17. The van der Waals surface area contributed by atoms with Crippen LogP contribution in [0.2, 0.25) is 0 Å². The Morgan fingerprint density at radius 2 is 1.95 bits per heavy atom. The Kier molecular flexibility index (Phi) is 4.05. The summed E-state index contributed by atoms with van der Waals surface area (Å²) in [6.45, 7) is 4.73. The van der Waals surface area contributed by atoms with Crippen LogP contribution in [0.5, 0.6) is 0 Å². The van der Waals surface area contributed by atoms with Crippen molar-refractivity contribution < 1.29 is 9.90 Å². The fourth-order valence-electron chi connectivity index (χ4n) is 3.69. The Bertz CT molecular complexity index is 331. The molecule has 3 rings (SSSR count). The molecule has 3 saturated heterocycles. The number of piperidine rings is 1. The van der Waals surface area contributed by atoms with Gasteiger partial charge in [-0.05, 0) is 45.2 Å². The van der Waals surface area contributed by atoms with Gasteiger partial charge in [0.15, 0.2) is 0 Å². The number of nitrogens with one attached hydrogen (secondary N) is 1. The van der Waals surface area contributed by atoms with Crippen molar-refractivity contribution in [3.63, 3.8) is 0 Å². The lowest BCUT2D eigenvalue weighted by atomic mass is 10.0. The highest BCUT2D eigenvalue weighted by Crippen LogP contribution is 2.21. The van der Waals surface area contributed by atoms with Gasteiger partial charge >= 0.3 is 0 Å². The van der Waals surface area contributed by atoms with Crippen molar-refractivity contribution >= 4 is 5.91 Å². The highest BCUT2D eigenvalue weighted by atomic mass is 16.3. The summed E-state index contributed by atoms with van der Waals surface area (Å²) >= 11 is 0. The van der Waals surface area contributed by atoms with Gasteiger partial charge in [-0.25, -0.2) is 0 Å². The predicted octanol–water partition coefficient (Wildman–Crippen LogP) is -0.204. The van der Waals surface area contributed by atoms with Gasteiger partial charge in [0, 0.05) is 25.7 Å². The summed E-state index contributed by atoms with van der Waals surface area (Å²) in [6.07, 6.45) is 5.17. The van der Waals surface area contributed by atoms with Crippen LogP contribution in [0, 0.1) is 0 Å². The zero-order chi connectivity index (χ0) is 13.2. The zero-order valence-electron chi connectivity index (χ0n) is 11.6. The SMILES string of the molecule is O=C([C@@H]1C[C@@H](O)CN1)N1CCC[C@@H](N2CCCC2)C1. The van der Waals surface area contributed by atoms with E-state index in [-0.39, 0.29) is 18.1 Å². The van der Waals surface area contributed by atoms with Crippen LogP contribution in [0.4, 0.5) is 0 Å². The number of hydrogen-bond acceptors (Lipinski definition) is 4. The molecule has 0 aromatic heterocycles. The molecule has 3 aliphatic heterocycles. The molecule has 5 nitrogen and oxygen atoms in total. The molecule has 5 heteroatoms. The number of rotatable bonds is 2. The number of aliphatic hydroxyl groups excluding tert-OH is 1. The quantitative estimate of drug-likeness (QED) is 0.727. The number of carbonyl (C=O) groups is 1. The van der Waals surface area contributed by atoms with Crippen LogP contribution in [-0.4, -0.2) is 71.7 Å². The minimum absolute atomic E-state index is 0.160. The van der Waals surface area contributed by atoms with Crippen molar-refractivity contribution in [2.75, 3.05) is 32.7 Å². The Labute approximate surface area is 114 Å². The van der Waals surface area contributed by atoms with Gasteiger partial charge in [0.25, 0.3) is 0 Å². The maximum atomic E-state index is 12.4. The summed E-state index contributed by atoms with van der Waals surface area (Å²) in [4.78, 5) is 17.0. The number of aliphatic hydroxyl groups is 1. The van der Waals surface area contributed by atoms with E-state index >= 15 is 0 Å². The standard InChI is InChI=1S/C14H25N3O2/c18-12-8-13(15-9-12)14(19)17-7-3-4-11(10-17)16-5-1-2-6-16/h11-13,15,18H,1-10H2/t11-,12-,13+/m1/s1. The molecule has 3 atom stereocenters. The summed E-state index contributed by atoms with van der Waals surface area (Å²) < 4.78 is 0. The number of β-amino-alcohol motifs (C(OH)–C–C–N with tert-alkyl or cyclic N) is 1. The van der Waals surface area contributed by atoms with Gasteiger partial charge in [-0.3, -0.25) is 9.69 Å². The summed E-state index contributed by atoms with van der Waals surface area (Å²) in [5.41, 5.74) is 0. The van der Waals surface area contributed by atoms with Crippen LogP contribution in [0.25, 0.3) is 0 Å². The van der Waals surface area contributed by atoms with Crippen LogP contribution >= 0.6 is 0 Å². The molecule has 0 aromatic rings. The van der Waals surface area contributed by atoms with Crippen LogP contribution in [0.3, 0.4) is 0 Å². The van der Waals surface area contributed by atoms with Gasteiger partial charge in [-0.15, -0.1) is 0 Å². The zero-order valence-corrected chi connectivity index (χ0v) is 11.6. The summed E-state index contributed by atoms with van der Waals surface area (Å²) in [5, 5.41) is 12.7. The first-order chi connectivity index (χ1) is 9.24. The van der Waals surface area contributed by atoms with Crippen LogP contribution in [-0.2, 0) is 4.79 Å². The van der Waals surface area contributed by atoms with Crippen LogP contribution in [0.1, 0.15) is 32.1 Å². The molecule has 0 spiro atoms. The Balaban J connectivity index is 1.56. The van der Waals surface area contributed by atoms with Gasteiger partial charge in [0.05, 0.1) is 12.1 Å². The Morgan fingerprint density at radius 3 is 2.63 bits per heavy atom. The monoisotopic (exact) mass is 267 g/mol. The molecule has 3 aliphatic rings. The minimum atomic E-state index is -0.354. The van der Waals surface area contributed by atoms with E-state index in [0.29, 0.717) is 19.0 Å². The number of nitrogens with zero attached hydrogens (tertiary/aromatic N) is 2. The van der Waals surface area contributed by atoms with E-state index in [1.54, 1.807) is 0 Å². The van der Waals surface area contributed by atoms with Gasteiger partial charge < -0.3 is 15.3 Å². The number of likely N-dealkylation sites (tertiary alicyclic amines) is 2. The lowest BCUT2D eigenvalue weighted by Gasteiger charge is -2.38. The van der Waals surface area contributed by atoms with E-state index in [9.17, 15) is 9.90 Å². The maximum Gasteiger partial charge on any atom is 0.239 e. The lowest BCUT2D eigenvalue weighted by Crippen LogP contribution is -2.52. The van der Waals surface area contributed by atoms with E-state index in [1.807, 2.05) is 4.90 Å². The van der Waals surface area contributed by atoms with Crippen molar-refractivity contribution in [2.24, 2.45) is 0 Å². The van der Waals surface area contributed by atoms with Crippen LogP contribution in [0.15, 0.2) is 0 Å². The topological polar surface area (TPSA) is 55.8 Å². The minimum Gasteiger partial charge on any atom is -0.392 e. The summed E-state index contributed by atoms with van der Waals surface area (Å²) in [6, 6.07) is 0.402. The van der Waals surface area contributed by atoms with E-state index < -0.39 is 0 Å².